The minimum atomic E-state index is 0.277. The molecule has 0 bridgehead atoms. The van der Waals surface area contributed by atoms with Crippen molar-refractivity contribution in [3.63, 3.8) is 0 Å². The number of piperidine rings is 1. The smallest absolute Gasteiger partial charge is 0.225 e. The van der Waals surface area contributed by atoms with Gasteiger partial charge in [0.15, 0.2) is 0 Å². The first kappa shape index (κ1) is 12.9. The molecule has 104 valence electrons. The summed E-state index contributed by atoms with van der Waals surface area (Å²) in [5.41, 5.74) is 8.70. The molecular weight excluding hydrogens is 236 g/mol. The highest BCUT2D eigenvalue weighted by Crippen LogP contribution is 2.21. The van der Waals surface area contributed by atoms with Crippen LogP contribution in [-0.4, -0.2) is 29.1 Å². The molecule has 19 heavy (non-hydrogen) atoms. The topological polar surface area (TPSA) is 55.0 Å². The van der Waals surface area contributed by atoms with Crippen LogP contribution in [0.1, 0.15) is 49.8 Å². The van der Waals surface area contributed by atoms with E-state index in [-0.39, 0.29) is 6.04 Å². The fourth-order valence-corrected chi connectivity index (χ4v) is 3.16. The maximum atomic E-state index is 6.05. The molecule has 3 rings (SSSR count). The van der Waals surface area contributed by atoms with Gasteiger partial charge in [-0.15, -0.1) is 0 Å². The molecule has 2 N–H and O–H groups in total. The highest BCUT2D eigenvalue weighted by atomic mass is 15.3. The molecule has 1 aliphatic carbocycles. The van der Waals surface area contributed by atoms with Crippen LogP contribution >= 0.6 is 0 Å². The normalized spacial score (nSPS) is 24.5. The number of hydrogen-bond acceptors (Lipinski definition) is 4. The van der Waals surface area contributed by atoms with E-state index in [1.54, 1.807) is 0 Å². The lowest BCUT2D eigenvalue weighted by atomic mass is 9.98. The van der Waals surface area contributed by atoms with Gasteiger partial charge in [-0.3, -0.25) is 0 Å². The molecular formula is C15H24N4. The van der Waals surface area contributed by atoms with Crippen molar-refractivity contribution in [1.29, 1.82) is 0 Å². The van der Waals surface area contributed by atoms with Crippen LogP contribution in [-0.2, 0) is 12.8 Å². The Kier molecular flexibility index (Phi) is 3.97. The molecule has 1 atom stereocenters. The van der Waals surface area contributed by atoms with Gasteiger partial charge in [0.05, 0.1) is 0 Å². The van der Waals surface area contributed by atoms with Gasteiger partial charge in [-0.25, -0.2) is 9.97 Å². The Morgan fingerprint density at radius 1 is 1.11 bits per heavy atom. The lowest BCUT2D eigenvalue weighted by Gasteiger charge is -2.31. The van der Waals surface area contributed by atoms with Crippen LogP contribution in [0.5, 0.6) is 0 Å². The van der Waals surface area contributed by atoms with Crippen molar-refractivity contribution in [1.82, 2.24) is 9.97 Å². The van der Waals surface area contributed by atoms with E-state index >= 15 is 0 Å². The van der Waals surface area contributed by atoms with Crippen molar-refractivity contribution in [2.24, 2.45) is 5.73 Å². The summed E-state index contributed by atoms with van der Waals surface area (Å²) in [5.74, 6) is 0.898. The van der Waals surface area contributed by atoms with Gasteiger partial charge in [0.25, 0.3) is 0 Å². The van der Waals surface area contributed by atoms with E-state index in [1.807, 2.05) is 0 Å². The van der Waals surface area contributed by atoms with Crippen molar-refractivity contribution in [2.75, 3.05) is 18.0 Å². The van der Waals surface area contributed by atoms with E-state index < -0.39 is 0 Å². The number of nitrogens with two attached hydrogens (primary N) is 1. The van der Waals surface area contributed by atoms with E-state index in [9.17, 15) is 0 Å². The molecule has 0 aromatic carbocycles. The van der Waals surface area contributed by atoms with Crippen molar-refractivity contribution in [3.05, 3.63) is 17.5 Å². The third-order valence-corrected chi connectivity index (χ3v) is 4.29. The maximum absolute atomic E-state index is 6.05. The summed E-state index contributed by atoms with van der Waals surface area (Å²) in [5, 5.41) is 0. The molecule has 1 aromatic rings. The second kappa shape index (κ2) is 5.87. The van der Waals surface area contributed by atoms with Gasteiger partial charge in [0.1, 0.15) is 0 Å². The molecule has 4 nitrogen and oxygen atoms in total. The van der Waals surface area contributed by atoms with Crippen molar-refractivity contribution in [2.45, 2.75) is 57.4 Å². The summed E-state index contributed by atoms with van der Waals surface area (Å²) in [4.78, 5) is 11.7. The van der Waals surface area contributed by atoms with Gasteiger partial charge < -0.3 is 10.6 Å². The van der Waals surface area contributed by atoms with Crippen molar-refractivity contribution < 1.29 is 0 Å². The highest BCUT2D eigenvalue weighted by Gasteiger charge is 2.20. The summed E-state index contributed by atoms with van der Waals surface area (Å²) in [6.45, 7) is 1.95. The monoisotopic (exact) mass is 260 g/mol. The van der Waals surface area contributed by atoms with Gasteiger partial charge in [-0.05, 0) is 44.1 Å². The first-order chi connectivity index (χ1) is 9.33. The average Bonchev–Trinajstić information content (AvgIpc) is 2.39. The van der Waals surface area contributed by atoms with Gasteiger partial charge >= 0.3 is 0 Å². The summed E-state index contributed by atoms with van der Waals surface area (Å²) in [6, 6.07) is 0.277. The van der Waals surface area contributed by atoms with Crippen LogP contribution in [0.3, 0.4) is 0 Å². The van der Waals surface area contributed by atoms with Gasteiger partial charge in [-0.1, -0.05) is 12.8 Å². The van der Waals surface area contributed by atoms with Crippen LogP contribution in [0.2, 0.25) is 0 Å². The molecule has 1 unspecified atom stereocenters. The zero-order valence-corrected chi connectivity index (χ0v) is 11.6. The van der Waals surface area contributed by atoms with E-state index in [0.717, 1.165) is 44.7 Å². The standard InChI is InChI=1S/C15H24N4/c16-13-7-5-9-19(11-13)15-17-10-12-6-3-1-2-4-8-14(12)18-15/h10,13H,1-9,11,16H2. The zero-order chi connectivity index (χ0) is 13.1. The highest BCUT2D eigenvalue weighted by molar-refractivity contribution is 5.34. The zero-order valence-electron chi connectivity index (χ0n) is 11.6. The van der Waals surface area contributed by atoms with E-state index in [0.29, 0.717) is 0 Å². The predicted octanol–water partition coefficient (Wildman–Crippen LogP) is 2.06. The van der Waals surface area contributed by atoms with Crippen molar-refractivity contribution >= 4 is 5.95 Å². The molecule has 1 saturated heterocycles. The molecule has 1 aromatic heterocycles. The van der Waals surface area contributed by atoms with E-state index in [1.165, 1.54) is 36.9 Å². The van der Waals surface area contributed by atoms with Gasteiger partial charge in [0, 0.05) is 31.0 Å². The largest absolute Gasteiger partial charge is 0.339 e. The van der Waals surface area contributed by atoms with Crippen molar-refractivity contribution in [3.8, 4) is 0 Å². The maximum Gasteiger partial charge on any atom is 0.225 e. The summed E-state index contributed by atoms with van der Waals surface area (Å²) in [6.07, 6.45) is 11.8. The van der Waals surface area contributed by atoms with Gasteiger partial charge in [0.2, 0.25) is 5.95 Å². The Balaban J connectivity index is 1.80. The second-order valence-corrected chi connectivity index (χ2v) is 5.90. The Hall–Kier alpha value is -1.16. The Morgan fingerprint density at radius 3 is 2.79 bits per heavy atom. The predicted molar refractivity (Wildman–Crippen MR) is 77.3 cm³/mol. The van der Waals surface area contributed by atoms with Gasteiger partial charge in [-0.2, -0.15) is 0 Å². The minimum Gasteiger partial charge on any atom is -0.339 e. The number of rotatable bonds is 1. The Bertz CT molecular complexity index is 432. The average molecular weight is 260 g/mol. The Labute approximate surface area is 115 Å². The number of fused-ring (bicyclic) bond motifs is 1. The van der Waals surface area contributed by atoms with Crippen LogP contribution in [0.15, 0.2) is 6.20 Å². The minimum absolute atomic E-state index is 0.277. The molecule has 0 spiro atoms. The number of aryl methyl sites for hydroxylation is 2. The fourth-order valence-electron chi connectivity index (χ4n) is 3.16. The summed E-state index contributed by atoms with van der Waals surface area (Å²) < 4.78 is 0. The quantitative estimate of drug-likeness (QED) is 0.840. The summed E-state index contributed by atoms with van der Waals surface area (Å²) >= 11 is 0. The number of anilines is 1. The first-order valence-corrected chi connectivity index (χ1v) is 7.68. The number of hydrogen-bond donors (Lipinski definition) is 1. The molecule has 2 heterocycles. The van der Waals surface area contributed by atoms with Crippen LogP contribution in [0.4, 0.5) is 5.95 Å². The number of aromatic nitrogens is 2. The molecule has 2 aliphatic rings. The molecule has 0 radical (unpaired) electrons. The number of nitrogens with zero attached hydrogens (tertiary/aromatic N) is 3. The fraction of sp³-hybridized carbons (Fsp3) is 0.733. The summed E-state index contributed by atoms with van der Waals surface area (Å²) in [7, 11) is 0. The third kappa shape index (κ3) is 3.06. The van der Waals surface area contributed by atoms with Crippen LogP contribution < -0.4 is 10.6 Å². The first-order valence-electron chi connectivity index (χ1n) is 7.68. The van der Waals surface area contributed by atoms with E-state index in [2.05, 4.69) is 16.1 Å². The third-order valence-electron chi connectivity index (χ3n) is 4.29. The van der Waals surface area contributed by atoms with Crippen LogP contribution in [0.25, 0.3) is 0 Å². The molecule has 0 amide bonds. The molecule has 4 heteroatoms. The molecule has 1 aliphatic heterocycles. The molecule has 0 saturated carbocycles. The lowest BCUT2D eigenvalue weighted by molar-refractivity contribution is 0.498. The lowest BCUT2D eigenvalue weighted by Crippen LogP contribution is -2.43. The van der Waals surface area contributed by atoms with Crippen LogP contribution in [0, 0.1) is 0 Å². The SMILES string of the molecule is NC1CCCN(c2ncc3c(n2)CCCCCC3)C1. The molecule has 1 fully saturated rings. The van der Waals surface area contributed by atoms with E-state index in [4.69, 9.17) is 10.7 Å². The second-order valence-electron chi connectivity index (χ2n) is 5.90. The Morgan fingerprint density at radius 2 is 1.95 bits per heavy atom.